The summed E-state index contributed by atoms with van der Waals surface area (Å²) in [6, 6.07) is 34.4. The van der Waals surface area contributed by atoms with Gasteiger partial charge in [-0.3, -0.25) is 24.4 Å². The van der Waals surface area contributed by atoms with Gasteiger partial charge >= 0.3 is 0 Å². The zero-order valence-electron chi connectivity index (χ0n) is 35.1. The second-order valence-electron chi connectivity index (χ2n) is 17.2. The van der Waals surface area contributed by atoms with E-state index in [1.54, 1.807) is 0 Å². The number of likely N-dealkylation sites (tertiary alicyclic amines) is 2. The number of amidine groups is 1. The van der Waals surface area contributed by atoms with Crippen LogP contribution in [0.2, 0.25) is 0 Å². The maximum absolute atomic E-state index is 14.0. The van der Waals surface area contributed by atoms with Crippen LogP contribution in [-0.2, 0) is 22.4 Å². The SMILES string of the molecule is CN(C)[C@@H](C(=O)N1CCC[C@H]1C1=NCC(c2ccc(OC3Cc4ccc(-c5cnc([C@@H]6CCCN6C(=O)[C@@H](c6ccccc6)N(C)C)[nH]5)cc4C3)cc2)N1)c1ccccc1. The molecule has 0 radical (unpaired) electrons. The van der Waals surface area contributed by atoms with Crippen molar-refractivity contribution < 1.29 is 14.3 Å². The largest absolute Gasteiger partial charge is 0.490 e. The molecule has 60 heavy (non-hydrogen) atoms. The molecular formula is C49H56N8O3. The van der Waals surface area contributed by atoms with Crippen molar-refractivity contribution in [3.8, 4) is 17.0 Å². The van der Waals surface area contributed by atoms with E-state index < -0.39 is 0 Å². The molecule has 5 aromatic rings. The maximum atomic E-state index is 14.0. The number of rotatable bonds is 12. The monoisotopic (exact) mass is 804 g/mol. The fraction of sp³-hybridized carbons (Fsp3) is 0.388. The van der Waals surface area contributed by atoms with Gasteiger partial charge in [-0.1, -0.05) is 84.9 Å². The molecule has 4 aromatic carbocycles. The van der Waals surface area contributed by atoms with Gasteiger partial charge < -0.3 is 24.8 Å². The van der Waals surface area contributed by atoms with Crippen molar-refractivity contribution in [2.24, 2.45) is 4.99 Å². The summed E-state index contributed by atoms with van der Waals surface area (Å²) in [6.07, 6.45) is 7.37. The minimum atomic E-state index is -0.340. The Hall–Kier alpha value is -5.78. The van der Waals surface area contributed by atoms with Crippen molar-refractivity contribution in [1.82, 2.24) is 34.9 Å². The summed E-state index contributed by atoms with van der Waals surface area (Å²) in [6.45, 7) is 2.11. The molecule has 4 aliphatic rings. The highest BCUT2D eigenvalue weighted by atomic mass is 16.5. The van der Waals surface area contributed by atoms with Gasteiger partial charge in [-0.2, -0.15) is 0 Å². The molecule has 3 aliphatic heterocycles. The lowest BCUT2D eigenvalue weighted by molar-refractivity contribution is -0.137. The molecule has 2 N–H and O–H groups in total. The van der Waals surface area contributed by atoms with E-state index in [9.17, 15) is 9.59 Å². The lowest BCUT2D eigenvalue weighted by Crippen LogP contribution is -2.48. The third-order valence-corrected chi connectivity index (χ3v) is 12.8. The first-order chi connectivity index (χ1) is 29.2. The summed E-state index contributed by atoms with van der Waals surface area (Å²) in [7, 11) is 7.87. The van der Waals surface area contributed by atoms with Crippen molar-refractivity contribution in [3.05, 3.63) is 143 Å². The molecule has 0 bridgehead atoms. The molecule has 11 nitrogen and oxygen atoms in total. The lowest BCUT2D eigenvalue weighted by atomic mass is 10.0. The van der Waals surface area contributed by atoms with E-state index in [1.807, 2.05) is 115 Å². The summed E-state index contributed by atoms with van der Waals surface area (Å²) >= 11 is 0. The third-order valence-electron chi connectivity index (χ3n) is 12.8. The second kappa shape index (κ2) is 17.1. The molecular weight excluding hydrogens is 749 g/mol. The second-order valence-corrected chi connectivity index (χ2v) is 17.2. The number of ether oxygens (including phenoxy) is 1. The number of hydrogen-bond acceptors (Lipinski definition) is 8. The Kier molecular flexibility index (Phi) is 11.3. The molecule has 1 aromatic heterocycles. The van der Waals surface area contributed by atoms with Gasteiger partial charge in [-0.05, 0) is 105 Å². The van der Waals surface area contributed by atoms with Gasteiger partial charge in [0.1, 0.15) is 35.6 Å². The van der Waals surface area contributed by atoms with Crippen molar-refractivity contribution in [2.45, 2.75) is 74.8 Å². The molecule has 0 spiro atoms. The van der Waals surface area contributed by atoms with Crippen molar-refractivity contribution in [1.29, 1.82) is 0 Å². The predicted octanol–water partition coefficient (Wildman–Crippen LogP) is 6.93. The fourth-order valence-electron chi connectivity index (χ4n) is 9.84. The number of amides is 2. The number of hydrogen-bond donors (Lipinski definition) is 2. The van der Waals surface area contributed by atoms with Gasteiger partial charge in [0.05, 0.1) is 36.6 Å². The number of nitrogens with zero attached hydrogens (tertiary/aromatic N) is 6. The van der Waals surface area contributed by atoms with Gasteiger partial charge in [-0.25, -0.2) is 4.98 Å². The molecule has 4 heterocycles. The Morgan fingerprint density at radius 2 is 1.33 bits per heavy atom. The van der Waals surface area contributed by atoms with Crippen LogP contribution in [0.3, 0.4) is 0 Å². The number of aromatic nitrogens is 2. The molecule has 6 atom stereocenters. The highest BCUT2D eigenvalue weighted by Gasteiger charge is 2.40. The molecule has 2 unspecified atom stereocenters. The number of H-pyrrole nitrogens is 1. The van der Waals surface area contributed by atoms with Crippen LogP contribution >= 0.6 is 0 Å². The van der Waals surface area contributed by atoms with Crippen LogP contribution in [0.5, 0.6) is 5.75 Å². The van der Waals surface area contributed by atoms with E-state index in [0.29, 0.717) is 6.54 Å². The minimum Gasteiger partial charge on any atom is -0.490 e. The van der Waals surface area contributed by atoms with E-state index in [-0.39, 0.29) is 48.1 Å². The normalized spacial score (nSPS) is 22.2. The zero-order chi connectivity index (χ0) is 41.3. The van der Waals surface area contributed by atoms with E-state index in [2.05, 4.69) is 52.8 Å². The quantitative estimate of drug-likeness (QED) is 0.141. The van der Waals surface area contributed by atoms with Gasteiger partial charge in [0, 0.05) is 25.9 Å². The number of benzene rings is 4. The van der Waals surface area contributed by atoms with E-state index in [0.717, 1.165) is 97.0 Å². The third kappa shape index (κ3) is 7.96. The van der Waals surface area contributed by atoms with Crippen molar-refractivity contribution in [3.63, 3.8) is 0 Å². The first-order valence-electron chi connectivity index (χ1n) is 21.5. The Bertz CT molecular complexity index is 2330. The summed E-state index contributed by atoms with van der Waals surface area (Å²) in [4.78, 5) is 49.3. The first-order valence-corrected chi connectivity index (χ1v) is 21.5. The number of aromatic amines is 1. The molecule has 0 saturated carbocycles. The Labute approximate surface area is 353 Å². The number of carbonyl (C=O) groups excluding carboxylic acids is 2. The Balaban J connectivity index is 0.801. The maximum Gasteiger partial charge on any atom is 0.245 e. The average Bonchev–Trinajstić information content (AvgIpc) is 4.11. The lowest BCUT2D eigenvalue weighted by Gasteiger charge is -2.32. The smallest absolute Gasteiger partial charge is 0.245 e. The number of imidazole rings is 1. The highest BCUT2D eigenvalue weighted by molar-refractivity contribution is 5.95. The molecule has 2 fully saturated rings. The standard InChI is InChI=1S/C49H56N8O3/c1-54(2)44(33-13-7-5-8-14-33)48(58)56-25-11-17-42(56)46-50-30-40(52-46)32-21-23-38(24-22-32)60-39-28-35-19-20-36(27-37(35)29-39)41-31-51-47(53-41)43-18-12-26-57(43)49(59)45(55(3)4)34-15-9-6-10-16-34/h5-10,13-16,19-24,27,31,39-40,42-45H,11-12,17-18,25-26,28-30H2,1-4H3,(H,50,52)(H,51,53)/t39?,40?,42-,43-,44+,45+/m0/s1. The zero-order valence-corrected chi connectivity index (χ0v) is 35.1. The van der Waals surface area contributed by atoms with Crippen LogP contribution in [-0.4, -0.2) is 107 Å². The average molecular weight is 805 g/mol. The number of aliphatic imine (C=N–C) groups is 1. The fourth-order valence-corrected chi connectivity index (χ4v) is 9.84. The van der Waals surface area contributed by atoms with Crippen LogP contribution in [0.15, 0.2) is 114 Å². The Morgan fingerprint density at radius 1 is 0.733 bits per heavy atom. The molecule has 1 aliphatic carbocycles. The highest BCUT2D eigenvalue weighted by Crippen LogP contribution is 2.37. The summed E-state index contributed by atoms with van der Waals surface area (Å²) in [5.41, 5.74) is 7.82. The van der Waals surface area contributed by atoms with Gasteiger partial charge in [-0.15, -0.1) is 0 Å². The summed E-state index contributed by atoms with van der Waals surface area (Å²) in [5.74, 6) is 2.86. The van der Waals surface area contributed by atoms with Gasteiger partial charge in [0.2, 0.25) is 11.8 Å². The van der Waals surface area contributed by atoms with Crippen LogP contribution in [0, 0.1) is 0 Å². The molecule has 9 rings (SSSR count). The van der Waals surface area contributed by atoms with Crippen LogP contribution in [0.25, 0.3) is 11.3 Å². The summed E-state index contributed by atoms with van der Waals surface area (Å²) in [5, 5.41) is 3.68. The number of carbonyl (C=O) groups is 2. The number of nitrogens with one attached hydrogen (secondary N) is 2. The molecule has 310 valence electrons. The van der Waals surface area contributed by atoms with Gasteiger partial charge in [0.15, 0.2) is 0 Å². The number of likely N-dealkylation sites (N-methyl/N-ethyl adjacent to an activating group) is 2. The Morgan fingerprint density at radius 3 is 1.97 bits per heavy atom. The van der Waals surface area contributed by atoms with Crippen LogP contribution < -0.4 is 10.1 Å². The van der Waals surface area contributed by atoms with Crippen molar-refractivity contribution in [2.75, 3.05) is 47.8 Å². The first kappa shape index (κ1) is 39.7. The summed E-state index contributed by atoms with van der Waals surface area (Å²) < 4.78 is 6.56. The van der Waals surface area contributed by atoms with Crippen LogP contribution in [0.4, 0.5) is 0 Å². The predicted molar refractivity (Wildman–Crippen MR) is 235 cm³/mol. The minimum absolute atomic E-state index is 0.0363. The van der Waals surface area contributed by atoms with E-state index >= 15 is 0 Å². The van der Waals surface area contributed by atoms with E-state index in [4.69, 9.17) is 14.7 Å². The number of fused-ring (bicyclic) bond motifs is 1. The topological polar surface area (TPSA) is 109 Å². The molecule has 2 saturated heterocycles. The molecule has 11 heteroatoms. The van der Waals surface area contributed by atoms with E-state index in [1.165, 1.54) is 11.1 Å². The molecule has 2 amide bonds. The van der Waals surface area contributed by atoms with Crippen LogP contribution in [0.1, 0.15) is 83.5 Å². The van der Waals surface area contributed by atoms with Gasteiger partial charge in [0.25, 0.3) is 0 Å². The van der Waals surface area contributed by atoms with Crippen molar-refractivity contribution >= 4 is 17.6 Å².